The van der Waals surface area contributed by atoms with Gasteiger partial charge in [0, 0.05) is 13.0 Å². The smallest absolute Gasteiger partial charge is 0.223 e. The molecule has 24 heavy (non-hydrogen) atoms. The van der Waals surface area contributed by atoms with Crippen molar-refractivity contribution in [1.29, 1.82) is 0 Å². The minimum absolute atomic E-state index is 0.0129. The largest absolute Gasteiger partial charge is 0.328 e. The molecule has 1 atom stereocenters. The topological polar surface area (TPSA) is 20.3 Å². The Bertz CT molecular complexity index is 730. The van der Waals surface area contributed by atoms with Crippen LogP contribution in [-0.4, -0.2) is 10.8 Å². The maximum absolute atomic E-state index is 12.8. The molecule has 1 aliphatic rings. The molecule has 2 aromatic rings. The van der Waals surface area contributed by atoms with Crippen molar-refractivity contribution >= 4 is 5.91 Å². The van der Waals surface area contributed by atoms with Gasteiger partial charge in [-0.2, -0.15) is 0 Å². The Kier molecular flexibility index (Phi) is 5.14. The minimum atomic E-state index is 0.0129. The predicted molar refractivity (Wildman–Crippen MR) is 98.6 cm³/mol. The first-order valence-electron chi connectivity index (χ1n) is 8.72. The molecule has 1 amide bonds. The van der Waals surface area contributed by atoms with E-state index >= 15 is 0 Å². The van der Waals surface area contributed by atoms with Gasteiger partial charge in [-0.1, -0.05) is 71.8 Å². The van der Waals surface area contributed by atoms with Gasteiger partial charge >= 0.3 is 0 Å². The summed E-state index contributed by atoms with van der Waals surface area (Å²) in [6.45, 7) is 4.84. The zero-order valence-electron chi connectivity index (χ0n) is 14.5. The van der Waals surface area contributed by atoms with Gasteiger partial charge in [-0.25, -0.2) is 0 Å². The summed E-state index contributed by atoms with van der Waals surface area (Å²) >= 11 is 0. The molecule has 0 radical (unpaired) electrons. The second-order valence-corrected chi connectivity index (χ2v) is 6.69. The highest BCUT2D eigenvalue weighted by atomic mass is 16.2. The number of rotatable bonds is 3. The lowest BCUT2D eigenvalue weighted by atomic mass is 9.99. The quantitative estimate of drug-likeness (QED) is 0.720. The van der Waals surface area contributed by atoms with Crippen molar-refractivity contribution < 1.29 is 4.79 Å². The second-order valence-electron chi connectivity index (χ2n) is 6.69. The molecule has 3 rings (SSSR count). The molecule has 1 heterocycles. The molecular formula is C22H25NO. The van der Waals surface area contributed by atoms with Crippen molar-refractivity contribution in [3.05, 3.63) is 82.9 Å². The van der Waals surface area contributed by atoms with Crippen molar-refractivity contribution in [2.75, 3.05) is 0 Å². The van der Waals surface area contributed by atoms with Crippen molar-refractivity contribution in [3.63, 3.8) is 0 Å². The van der Waals surface area contributed by atoms with E-state index in [-0.39, 0.29) is 11.9 Å². The summed E-state index contributed by atoms with van der Waals surface area (Å²) in [5.74, 6) is 0.242. The summed E-state index contributed by atoms with van der Waals surface area (Å²) in [5.41, 5.74) is 4.84. The zero-order valence-corrected chi connectivity index (χ0v) is 14.5. The van der Waals surface area contributed by atoms with E-state index in [1.165, 1.54) is 22.3 Å². The van der Waals surface area contributed by atoms with E-state index in [4.69, 9.17) is 0 Å². The molecular weight excluding hydrogens is 294 g/mol. The van der Waals surface area contributed by atoms with Crippen molar-refractivity contribution in [3.8, 4) is 0 Å². The first kappa shape index (κ1) is 16.5. The molecule has 124 valence electrons. The standard InChI is InChI=1S/C22H25NO/c1-17-11-13-20(14-12-17)21-9-4-3-5-10-22(24)23(21)16-19-8-6-7-18(2)15-19/h4,6-9,11-15,21H,3,5,10,16H2,1-2H3/b9-4-/t21-/m1/s1. The summed E-state index contributed by atoms with van der Waals surface area (Å²) in [6.07, 6.45) is 6.95. The number of carbonyl (C=O) groups excluding carboxylic acids is 1. The lowest BCUT2D eigenvalue weighted by molar-refractivity contribution is -0.133. The van der Waals surface area contributed by atoms with Crippen LogP contribution in [0.25, 0.3) is 0 Å². The average Bonchev–Trinajstić information content (AvgIpc) is 2.56. The van der Waals surface area contributed by atoms with E-state index in [1.807, 2.05) is 4.90 Å². The molecule has 0 saturated carbocycles. The summed E-state index contributed by atoms with van der Waals surface area (Å²) in [5, 5.41) is 0. The van der Waals surface area contributed by atoms with Gasteiger partial charge in [0.25, 0.3) is 0 Å². The molecule has 2 heteroatoms. The van der Waals surface area contributed by atoms with Gasteiger partial charge in [-0.3, -0.25) is 4.79 Å². The van der Waals surface area contributed by atoms with Crippen LogP contribution in [0.1, 0.15) is 47.6 Å². The predicted octanol–water partition coefficient (Wildman–Crippen LogP) is 5.11. The Morgan fingerprint density at radius 3 is 2.58 bits per heavy atom. The monoisotopic (exact) mass is 319 g/mol. The lowest BCUT2D eigenvalue weighted by Crippen LogP contribution is -2.34. The third-order valence-electron chi connectivity index (χ3n) is 4.59. The first-order chi connectivity index (χ1) is 11.6. The fourth-order valence-electron chi connectivity index (χ4n) is 3.25. The van der Waals surface area contributed by atoms with Crippen molar-refractivity contribution in [1.82, 2.24) is 4.90 Å². The molecule has 2 aromatic carbocycles. The van der Waals surface area contributed by atoms with E-state index in [1.54, 1.807) is 0 Å². The lowest BCUT2D eigenvalue weighted by Gasteiger charge is -2.32. The Morgan fingerprint density at radius 2 is 1.83 bits per heavy atom. The van der Waals surface area contributed by atoms with Crippen LogP contribution in [-0.2, 0) is 11.3 Å². The number of nitrogens with zero attached hydrogens (tertiary/aromatic N) is 1. The van der Waals surface area contributed by atoms with Crippen LogP contribution in [0.3, 0.4) is 0 Å². The van der Waals surface area contributed by atoms with E-state index in [0.29, 0.717) is 13.0 Å². The Hall–Kier alpha value is -2.35. The van der Waals surface area contributed by atoms with Crippen LogP contribution in [0.4, 0.5) is 0 Å². The maximum atomic E-state index is 12.8. The first-order valence-corrected chi connectivity index (χ1v) is 8.72. The number of hydrogen-bond donors (Lipinski definition) is 0. The minimum Gasteiger partial charge on any atom is -0.328 e. The summed E-state index contributed by atoms with van der Waals surface area (Å²) in [7, 11) is 0. The van der Waals surface area contributed by atoms with Crippen LogP contribution in [0, 0.1) is 13.8 Å². The van der Waals surface area contributed by atoms with Gasteiger partial charge in [0.15, 0.2) is 0 Å². The van der Waals surface area contributed by atoms with Crippen LogP contribution in [0.2, 0.25) is 0 Å². The third kappa shape index (κ3) is 3.94. The molecule has 0 unspecified atom stereocenters. The van der Waals surface area contributed by atoms with E-state index in [9.17, 15) is 4.79 Å². The highest BCUT2D eigenvalue weighted by Gasteiger charge is 2.24. The van der Waals surface area contributed by atoms with Crippen LogP contribution >= 0.6 is 0 Å². The van der Waals surface area contributed by atoms with E-state index in [2.05, 4.69) is 74.5 Å². The summed E-state index contributed by atoms with van der Waals surface area (Å²) < 4.78 is 0. The number of allylic oxidation sites excluding steroid dienone is 1. The highest BCUT2D eigenvalue weighted by Crippen LogP contribution is 2.28. The Labute approximate surface area is 144 Å². The van der Waals surface area contributed by atoms with Gasteiger partial charge in [0.2, 0.25) is 5.91 Å². The number of aryl methyl sites for hydroxylation is 2. The number of hydrogen-bond acceptors (Lipinski definition) is 1. The van der Waals surface area contributed by atoms with Crippen LogP contribution in [0.15, 0.2) is 60.7 Å². The van der Waals surface area contributed by atoms with Gasteiger partial charge < -0.3 is 4.90 Å². The molecule has 0 spiro atoms. The molecule has 0 fully saturated rings. The molecule has 0 bridgehead atoms. The highest BCUT2D eigenvalue weighted by molar-refractivity contribution is 5.77. The van der Waals surface area contributed by atoms with Crippen LogP contribution < -0.4 is 0 Å². The summed E-state index contributed by atoms with van der Waals surface area (Å²) in [6, 6.07) is 17.0. The SMILES string of the molecule is Cc1ccc([C@H]2/C=C\CCCC(=O)N2Cc2cccc(C)c2)cc1. The van der Waals surface area contributed by atoms with Crippen molar-refractivity contribution in [2.24, 2.45) is 0 Å². The fraction of sp³-hybridized carbons (Fsp3) is 0.318. The van der Waals surface area contributed by atoms with Crippen molar-refractivity contribution in [2.45, 2.75) is 45.7 Å². The van der Waals surface area contributed by atoms with Gasteiger partial charge in [0.1, 0.15) is 0 Å². The van der Waals surface area contributed by atoms with Gasteiger partial charge in [-0.15, -0.1) is 0 Å². The Morgan fingerprint density at radius 1 is 1.04 bits per heavy atom. The van der Waals surface area contributed by atoms with E-state index < -0.39 is 0 Å². The molecule has 0 saturated heterocycles. The maximum Gasteiger partial charge on any atom is 0.223 e. The zero-order chi connectivity index (χ0) is 16.9. The molecule has 1 aliphatic heterocycles. The molecule has 0 aliphatic carbocycles. The Balaban J connectivity index is 1.95. The number of benzene rings is 2. The van der Waals surface area contributed by atoms with Crippen LogP contribution in [0.5, 0.6) is 0 Å². The fourth-order valence-corrected chi connectivity index (χ4v) is 3.25. The number of amides is 1. The third-order valence-corrected chi connectivity index (χ3v) is 4.59. The van der Waals surface area contributed by atoms with E-state index in [0.717, 1.165) is 12.8 Å². The van der Waals surface area contributed by atoms with Gasteiger partial charge in [-0.05, 0) is 37.8 Å². The molecule has 2 nitrogen and oxygen atoms in total. The molecule has 0 N–H and O–H groups in total. The van der Waals surface area contributed by atoms with Gasteiger partial charge in [0.05, 0.1) is 6.04 Å². The normalized spacial score (nSPS) is 19.7. The average molecular weight is 319 g/mol. The second kappa shape index (κ2) is 7.48. The summed E-state index contributed by atoms with van der Waals surface area (Å²) in [4.78, 5) is 14.8. The molecule has 0 aromatic heterocycles. The number of carbonyl (C=O) groups is 1.